The van der Waals surface area contributed by atoms with Crippen molar-refractivity contribution in [1.29, 1.82) is 0 Å². The number of hydrogen-bond acceptors (Lipinski definition) is 3. The van der Waals surface area contributed by atoms with E-state index in [0.717, 1.165) is 0 Å². The van der Waals surface area contributed by atoms with Crippen LogP contribution in [0.5, 0.6) is 0 Å². The van der Waals surface area contributed by atoms with Crippen LogP contribution in [0.25, 0.3) is 10.9 Å². The van der Waals surface area contributed by atoms with Gasteiger partial charge in [-0.15, -0.1) is 0 Å². The van der Waals surface area contributed by atoms with E-state index in [9.17, 15) is 18.8 Å². The minimum absolute atomic E-state index is 0.281. The number of hydrogen-bond donors (Lipinski definition) is 1. The first-order valence-corrected chi connectivity index (χ1v) is 9.56. The van der Waals surface area contributed by atoms with Gasteiger partial charge in [0, 0.05) is 12.2 Å². The van der Waals surface area contributed by atoms with Gasteiger partial charge in [-0.05, 0) is 49.1 Å². The molecule has 1 N–H and O–H groups in total. The molecule has 0 aliphatic rings. The molecule has 1 heterocycles. The second-order valence-electron chi connectivity index (χ2n) is 7.54. The summed E-state index contributed by atoms with van der Waals surface area (Å²) in [6, 6.07) is 11.1. The van der Waals surface area contributed by atoms with Crippen molar-refractivity contribution >= 4 is 22.5 Å². The third kappa shape index (κ3) is 4.45. The van der Waals surface area contributed by atoms with E-state index in [4.69, 9.17) is 0 Å². The van der Waals surface area contributed by atoms with Crippen LogP contribution in [0.1, 0.15) is 25.8 Å². The lowest BCUT2D eigenvalue weighted by Gasteiger charge is -2.15. The molecule has 0 aliphatic heterocycles. The van der Waals surface area contributed by atoms with E-state index in [1.165, 1.54) is 15.2 Å². The average molecular weight is 397 g/mol. The molecule has 0 unspecified atom stereocenters. The Morgan fingerprint density at radius 2 is 1.83 bits per heavy atom. The summed E-state index contributed by atoms with van der Waals surface area (Å²) in [6.07, 6.45) is 0.669. The van der Waals surface area contributed by atoms with Crippen molar-refractivity contribution in [3.63, 3.8) is 0 Å². The molecule has 0 saturated carbocycles. The monoisotopic (exact) mass is 397 g/mol. The second kappa shape index (κ2) is 8.43. The van der Waals surface area contributed by atoms with Crippen molar-refractivity contribution in [3.8, 4) is 0 Å². The van der Waals surface area contributed by atoms with Crippen molar-refractivity contribution in [2.24, 2.45) is 5.92 Å². The predicted molar refractivity (Wildman–Crippen MR) is 112 cm³/mol. The standard InChI is InChI=1S/C22H24FN3O3/c1-14(2)10-11-25-21(28)17-6-4-5-7-19(17)26(22(25)29)13-20(27)24-16-9-8-15(3)18(23)12-16/h4-9,12,14H,10-11,13H2,1-3H3,(H,24,27). The fourth-order valence-electron chi connectivity index (χ4n) is 3.12. The SMILES string of the molecule is Cc1ccc(NC(=O)Cn2c(=O)n(CCC(C)C)c(=O)c3ccccc32)cc1F. The topological polar surface area (TPSA) is 73.1 Å². The Balaban J connectivity index is 1.99. The van der Waals surface area contributed by atoms with Crippen LogP contribution in [0, 0.1) is 18.7 Å². The van der Waals surface area contributed by atoms with Crippen molar-refractivity contribution < 1.29 is 9.18 Å². The first kappa shape index (κ1) is 20.5. The highest BCUT2D eigenvalue weighted by molar-refractivity contribution is 5.91. The Morgan fingerprint density at radius 3 is 2.52 bits per heavy atom. The van der Waals surface area contributed by atoms with E-state index >= 15 is 0 Å². The van der Waals surface area contributed by atoms with Gasteiger partial charge >= 0.3 is 5.69 Å². The van der Waals surface area contributed by atoms with Gasteiger partial charge in [0.25, 0.3) is 5.56 Å². The number of carbonyl (C=O) groups excluding carboxylic acids is 1. The molecule has 152 valence electrons. The zero-order valence-electron chi connectivity index (χ0n) is 16.7. The first-order chi connectivity index (χ1) is 13.8. The average Bonchev–Trinajstić information content (AvgIpc) is 2.68. The fourth-order valence-corrected chi connectivity index (χ4v) is 3.12. The number of nitrogens with one attached hydrogen (secondary N) is 1. The van der Waals surface area contributed by atoms with Gasteiger partial charge in [0.2, 0.25) is 5.91 Å². The lowest BCUT2D eigenvalue weighted by molar-refractivity contribution is -0.116. The van der Waals surface area contributed by atoms with Gasteiger partial charge in [0.1, 0.15) is 12.4 Å². The van der Waals surface area contributed by atoms with Gasteiger partial charge < -0.3 is 5.32 Å². The summed E-state index contributed by atoms with van der Waals surface area (Å²) >= 11 is 0. The number of amides is 1. The Hall–Kier alpha value is -3.22. The number of aryl methyl sites for hydroxylation is 1. The molecule has 0 spiro atoms. The van der Waals surface area contributed by atoms with Crippen LogP contribution in [0.3, 0.4) is 0 Å². The molecule has 6 nitrogen and oxygen atoms in total. The summed E-state index contributed by atoms with van der Waals surface area (Å²) in [5, 5.41) is 2.99. The highest BCUT2D eigenvalue weighted by atomic mass is 19.1. The zero-order chi connectivity index (χ0) is 21.1. The molecular formula is C22H24FN3O3. The molecular weight excluding hydrogens is 373 g/mol. The van der Waals surface area contributed by atoms with Gasteiger partial charge in [-0.3, -0.25) is 18.7 Å². The van der Waals surface area contributed by atoms with Crippen molar-refractivity contribution in [2.45, 2.75) is 40.3 Å². The van der Waals surface area contributed by atoms with Crippen LogP contribution in [-0.2, 0) is 17.9 Å². The Morgan fingerprint density at radius 1 is 1.10 bits per heavy atom. The van der Waals surface area contributed by atoms with Crippen LogP contribution in [0.4, 0.5) is 10.1 Å². The summed E-state index contributed by atoms with van der Waals surface area (Å²) in [6.45, 7) is 5.66. The summed E-state index contributed by atoms with van der Waals surface area (Å²) in [4.78, 5) is 38.3. The summed E-state index contributed by atoms with van der Waals surface area (Å²) in [5.74, 6) is -0.580. The number of benzene rings is 2. The Bertz CT molecular complexity index is 1180. The summed E-state index contributed by atoms with van der Waals surface area (Å²) in [5.41, 5.74) is 0.294. The summed E-state index contributed by atoms with van der Waals surface area (Å²) < 4.78 is 16.2. The maximum atomic E-state index is 13.7. The molecule has 3 aromatic rings. The maximum Gasteiger partial charge on any atom is 0.331 e. The van der Waals surface area contributed by atoms with E-state index < -0.39 is 17.4 Å². The van der Waals surface area contributed by atoms with Gasteiger partial charge in [-0.2, -0.15) is 0 Å². The molecule has 29 heavy (non-hydrogen) atoms. The number of nitrogens with zero attached hydrogens (tertiary/aromatic N) is 2. The number of fused-ring (bicyclic) bond motifs is 1. The lowest BCUT2D eigenvalue weighted by atomic mass is 10.1. The highest BCUT2D eigenvalue weighted by Crippen LogP contribution is 2.14. The van der Waals surface area contributed by atoms with Crippen molar-refractivity contribution in [1.82, 2.24) is 9.13 Å². The third-order valence-electron chi connectivity index (χ3n) is 4.82. The van der Waals surface area contributed by atoms with Crippen molar-refractivity contribution in [2.75, 3.05) is 5.32 Å². The molecule has 0 bridgehead atoms. The quantitative estimate of drug-likeness (QED) is 0.694. The Labute approximate surface area is 167 Å². The minimum Gasteiger partial charge on any atom is -0.324 e. The molecule has 1 amide bonds. The van der Waals surface area contributed by atoms with E-state index in [-0.39, 0.29) is 18.6 Å². The number of carbonyl (C=O) groups is 1. The molecule has 1 aromatic heterocycles. The lowest BCUT2D eigenvalue weighted by Crippen LogP contribution is -2.42. The first-order valence-electron chi connectivity index (χ1n) is 9.56. The fraction of sp³-hybridized carbons (Fsp3) is 0.318. The van der Waals surface area contributed by atoms with E-state index in [0.29, 0.717) is 34.5 Å². The molecule has 0 aliphatic carbocycles. The highest BCUT2D eigenvalue weighted by Gasteiger charge is 2.15. The second-order valence-corrected chi connectivity index (χ2v) is 7.54. The summed E-state index contributed by atoms with van der Waals surface area (Å²) in [7, 11) is 0. The molecule has 2 aromatic carbocycles. The number of para-hydroxylation sites is 1. The largest absolute Gasteiger partial charge is 0.331 e. The Kier molecular flexibility index (Phi) is 5.96. The predicted octanol–water partition coefficient (Wildman–Crippen LogP) is 3.30. The van der Waals surface area contributed by atoms with Crippen molar-refractivity contribution in [3.05, 3.63) is 74.7 Å². The van der Waals surface area contributed by atoms with Gasteiger partial charge in [-0.1, -0.05) is 32.0 Å². The van der Waals surface area contributed by atoms with Gasteiger partial charge in [0.05, 0.1) is 10.9 Å². The van der Waals surface area contributed by atoms with E-state index in [2.05, 4.69) is 5.32 Å². The molecule has 7 heteroatoms. The molecule has 0 radical (unpaired) electrons. The van der Waals surface area contributed by atoms with E-state index in [1.807, 2.05) is 13.8 Å². The van der Waals surface area contributed by atoms with Crippen LogP contribution < -0.4 is 16.6 Å². The maximum absolute atomic E-state index is 13.7. The van der Waals surface area contributed by atoms with Crippen LogP contribution in [0.15, 0.2) is 52.1 Å². The molecule has 0 atom stereocenters. The number of aromatic nitrogens is 2. The molecule has 0 fully saturated rings. The number of halogens is 1. The number of rotatable bonds is 6. The van der Waals surface area contributed by atoms with Gasteiger partial charge in [-0.25, -0.2) is 9.18 Å². The normalized spacial score (nSPS) is 11.2. The van der Waals surface area contributed by atoms with Crippen LogP contribution in [0.2, 0.25) is 0 Å². The van der Waals surface area contributed by atoms with Crippen LogP contribution >= 0.6 is 0 Å². The molecule has 0 saturated heterocycles. The zero-order valence-corrected chi connectivity index (χ0v) is 16.7. The smallest absolute Gasteiger partial charge is 0.324 e. The van der Waals surface area contributed by atoms with Crippen LogP contribution in [-0.4, -0.2) is 15.0 Å². The third-order valence-corrected chi connectivity index (χ3v) is 4.82. The minimum atomic E-state index is -0.528. The number of anilines is 1. The molecule has 3 rings (SSSR count). The van der Waals surface area contributed by atoms with E-state index in [1.54, 1.807) is 43.3 Å². The van der Waals surface area contributed by atoms with Gasteiger partial charge in [0.15, 0.2) is 0 Å².